The van der Waals surface area contributed by atoms with Crippen molar-refractivity contribution in [3.8, 4) is 5.75 Å². The van der Waals surface area contributed by atoms with Gasteiger partial charge in [0.05, 0.1) is 0 Å². The summed E-state index contributed by atoms with van der Waals surface area (Å²) in [6.45, 7) is 0.300. The second kappa shape index (κ2) is 5.84. The molecule has 16 heavy (non-hydrogen) atoms. The second-order valence-corrected chi connectivity index (χ2v) is 6.74. The number of phenols is 1. The van der Waals surface area contributed by atoms with Crippen molar-refractivity contribution in [2.75, 3.05) is 6.61 Å². The van der Waals surface area contributed by atoms with Crippen LogP contribution in [-0.2, 0) is 6.42 Å². The van der Waals surface area contributed by atoms with E-state index in [2.05, 4.69) is 0 Å². The van der Waals surface area contributed by atoms with Crippen LogP contribution in [0.15, 0.2) is 24.3 Å². The maximum Gasteiger partial charge on any atom is 0.115 e. The van der Waals surface area contributed by atoms with E-state index < -0.39 is 0 Å². The summed E-state index contributed by atoms with van der Waals surface area (Å²) in [5.41, 5.74) is 1.28. The molecule has 4 heteroatoms. The molecule has 1 aliphatic heterocycles. The Morgan fingerprint density at radius 2 is 1.62 bits per heavy atom. The van der Waals surface area contributed by atoms with Crippen LogP contribution in [0.4, 0.5) is 0 Å². The summed E-state index contributed by atoms with van der Waals surface area (Å²) in [6.07, 6.45) is 3.13. The van der Waals surface area contributed by atoms with Crippen molar-refractivity contribution >= 4 is 21.6 Å². The van der Waals surface area contributed by atoms with Crippen molar-refractivity contribution < 1.29 is 10.2 Å². The van der Waals surface area contributed by atoms with E-state index in [1.165, 1.54) is 5.56 Å². The molecule has 2 N–H and O–H groups in total. The van der Waals surface area contributed by atoms with Crippen LogP contribution in [0.5, 0.6) is 5.75 Å². The lowest BCUT2D eigenvalue weighted by Crippen LogP contribution is -2.28. The first-order valence-electron chi connectivity index (χ1n) is 5.50. The Morgan fingerprint density at radius 3 is 2.19 bits per heavy atom. The van der Waals surface area contributed by atoms with Crippen molar-refractivity contribution in [2.24, 2.45) is 0 Å². The molecular weight excluding hydrogens is 240 g/mol. The third-order valence-electron chi connectivity index (χ3n) is 2.78. The normalized spacial score (nSPS) is 24.1. The minimum atomic E-state index is 0.300. The Hall–Kier alpha value is -0.320. The standard InChI is InChI=1S/C12H16O2S2/c13-8-7-12-11(15-16-12)6-3-9-1-4-10(14)5-2-9/h1-2,4-5,11-14H,3,6-8H2. The van der Waals surface area contributed by atoms with Gasteiger partial charge in [-0.25, -0.2) is 0 Å². The van der Waals surface area contributed by atoms with Crippen LogP contribution in [0, 0.1) is 0 Å². The van der Waals surface area contributed by atoms with Gasteiger partial charge >= 0.3 is 0 Å². The quantitative estimate of drug-likeness (QED) is 0.795. The molecule has 0 amide bonds. The van der Waals surface area contributed by atoms with E-state index in [-0.39, 0.29) is 0 Å². The second-order valence-electron chi connectivity index (χ2n) is 3.99. The summed E-state index contributed by atoms with van der Waals surface area (Å²) < 4.78 is 0. The number of aromatic hydroxyl groups is 1. The zero-order valence-electron chi connectivity index (χ0n) is 9.00. The minimum absolute atomic E-state index is 0.300. The van der Waals surface area contributed by atoms with Crippen molar-refractivity contribution in [1.82, 2.24) is 0 Å². The van der Waals surface area contributed by atoms with Gasteiger partial charge in [-0.1, -0.05) is 33.7 Å². The number of aryl methyl sites for hydroxylation is 1. The van der Waals surface area contributed by atoms with Crippen molar-refractivity contribution in [2.45, 2.75) is 29.8 Å². The monoisotopic (exact) mass is 256 g/mol. The first-order chi connectivity index (χ1) is 7.79. The SMILES string of the molecule is OCCC1SSC1CCc1ccc(O)cc1. The molecule has 0 aromatic heterocycles. The van der Waals surface area contributed by atoms with Crippen LogP contribution < -0.4 is 0 Å². The smallest absolute Gasteiger partial charge is 0.115 e. The van der Waals surface area contributed by atoms with E-state index in [4.69, 9.17) is 10.2 Å². The predicted molar refractivity (Wildman–Crippen MR) is 70.9 cm³/mol. The van der Waals surface area contributed by atoms with Crippen molar-refractivity contribution in [3.63, 3.8) is 0 Å². The Morgan fingerprint density at radius 1 is 1.00 bits per heavy atom. The number of benzene rings is 1. The predicted octanol–water partition coefficient (Wildman–Crippen LogP) is 2.84. The highest BCUT2D eigenvalue weighted by Gasteiger charge is 2.31. The van der Waals surface area contributed by atoms with E-state index in [0.29, 0.717) is 22.9 Å². The topological polar surface area (TPSA) is 40.5 Å². The van der Waals surface area contributed by atoms with Gasteiger partial charge in [0.15, 0.2) is 0 Å². The molecule has 2 unspecified atom stereocenters. The fourth-order valence-corrected chi connectivity index (χ4v) is 4.75. The molecule has 2 rings (SSSR count). The molecular formula is C12H16O2S2. The summed E-state index contributed by atoms with van der Waals surface area (Å²) in [5, 5.41) is 19.4. The third kappa shape index (κ3) is 3.09. The van der Waals surface area contributed by atoms with E-state index in [1.807, 2.05) is 33.7 Å². The van der Waals surface area contributed by atoms with Gasteiger partial charge in [0.1, 0.15) is 5.75 Å². The van der Waals surface area contributed by atoms with Gasteiger partial charge in [-0.05, 0) is 37.0 Å². The van der Waals surface area contributed by atoms with E-state index >= 15 is 0 Å². The minimum Gasteiger partial charge on any atom is -0.508 e. The molecule has 0 radical (unpaired) electrons. The average Bonchev–Trinajstić information content (AvgIpc) is 2.27. The van der Waals surface area contributed by atoms with Gasteiger partial charge in [-0.15, -0.1) is 0 Å². The molecule has 0 saturated carbocycles. The third-order valence-corrected chi connectivity index (χ3v) is 6.51. The molecule has 1 heterocycles. The molecule has 1 aromatic carbocycles. The molecule has 2 atom stereocenters. The number of hydrogen-bond acceptors (Lipinski definition) is 4. The van der Waals surface area contributed by atoms with Gasteiger partial charge in [0, 0.05) is 17.1 Å². The van der Waals surface area contributed by atoms with Gasteiger partial charge in [-0.3, -0.25) is 0 Å². The maximum absolute atomic E-state index is 9.17. The first kappa shape index (κ1) is 12.1. The van der Waals surface area contributed by atoms with Crippen LogP contribution >= 0.6 is 21.6 Å². The van der Waals surface area contributed by atoms with Gasteiger partial charge in [0.2, 0.25) is 0 Å². The van der Waals surface area contributed by atoms with E-state index in [0.717, 1.165) is 19.3 Å². The summed E-state index contributed by atoms with van der Waals surface area (Å²) in [7, 11) is 3.82. The van der Waals surface area contributed by atoms with Gasteiger partial charge < -0.3 is 10.2 Å². The van der Waals surface area contributed by atoms with Crippen LogP contribution in [-0.4, -0.2) is 27.3 Å². The van der Waals surface area contributed by atoms with Crippen molar-refractivity contribution in [1.29, 1.82) is 0 Å². The fourth-order valence-electron chi connectivity index (χ4n) is 1.78. The zero-order chi connectivity index (χ0) is 11.4. The Balaban J connectivity index is 1.77. The maximum atomic E-state index is 9.17. The lowest BCUT2D eigenvalue weighted by molar-refractivity contribution is 0.285. The molecule has 0 aliphatic carbocycles. The van der Waals surface area contributed by atoms with Crippen LogP contribution in [0.2, 0.25) is 0 Å². The summed E-state index contributed by atoms with van der Waals surface area (Å²) >= 11 is 0. The average molecular weight is 256 g/mol. The number of hydrogen-bond donors (Lipinski definition) is 2. The Bertz CT molecular complexity index is 326. The molecule has 1 fully saturated rings. The molecule has 0 bridgehead atoms. The van der Waals surface area contributed by atoms with Gasteiger partial charge in [0.25, 0.3) is 0 Å². The molecule has 2 nitrogen and oxygen atoms in total. The number of rotatable bonds is 5. The largest absolute Gasteiger partial charge is 0.508 e. The molecule has 1 saturated heterocycles. The molecule has 1 aliphatic rings. The summed E-state index contributed by atoms with van der Waals surface area (Å²) in [6, 6.07) is 7.44. The highest BCUT2D eigenvalue weighted by atomic mass is 33.1. The highest BCUT2D eigenvalue weighted by Crippen LogP contribution is 2.50. The summed E-state index contributed by atoms with van der Waals surface area (Å²) in [5.74, 6) is 0.329. The van der Waals surface area contributed by atoms with Crippen LogP contribution in [0.1, 0.15) is 18.4 Å². The number of aliphatic hydroxyl groups excluding tert-OH is 1. The first-order valence-corrected chi connectivity index (χ1v) is 7.78. The highest BCUT2D eigenvalue weighted by molar-refractivity contribution is 8.80. The Kier molecular flexibility index (Phi) is 4.44. The molecule has 88 valence electrons. The Labute approximate surface area is 104 Å². The lowest BCUT2D eigenvalue weighted by Gasteiger charge is -2.34. The van der Waals surface area contributed by atoms with E-state index in [1.54, 1.807) is 12.1 Å². The lowest BCUT2D eigenvalue weighted by atomic mass is 10.1. The zero-order valence-corrected chi connectivity index (χ0v) is 10.6. The summed E-state index contributed by atoms with van der Waals surface area (Å²) in [4.78, 5) is 0. The van der Waals surface area contributed by atoms with Crippen LogP contribution in [0.25, 0.3) is 0 Å². The van der Waals surface area contributed by atoms with Crippen molar-refractivity contribution in [3.05, 3.63) is 29.8 Å². The molecule has 0 spiro atoms. The molecule has 1 aromatic rings. The van der Waals surface area contributed by atoms with E-state index in [9.17, 15) is 0 Å². The number of aliphatic hydroxyl groups is 1. The fraction of sp³-hybridized carbons (Fsp3) is 0.500. The van der Waals surface area contributed by atoms with Crippen LogP contribution in [0.3, 0.4) is 0 Å². The van der Waals surface area contributed by atoms with Gasteiger partial charge in [-0.2, -0.15) is 0 Å². The number of phenolic OH excluding ortho intramolecular Hbond substituents is 1.